The van der Waals surface area contributed by atoms with E-state index < -0.39 is 17.3 Å². The second kappa shape index (κ2) is 3.07. The molecular weight excluding hydrogens is 223 g/mol. The molecule has 0 saturated heterocycles. The number of ketones is 1. The molecule has 1 aliphatic rings. The Morgan fingerprint density at radius 3 is 2.56 bits per heavy atom. The highest BCUT2D eigenvalue weighted by Crippen LogP contribution is 2.45. The SMILES string of the molecule is N#CC1(c2cn[nH]c2C(F)(F)F)CC(=O)C1. The van der Waals surface area contributed by atoms with Crippen LogP contribution >= 0.6 is 0 Å². The molecule has 1 N–H and O–H groups in total. The Labute approximate surface area is 88.1 Å². The van der Waals surface area contributed by atoms with E-state index in [2.05, 4.69) is 5.10 Å². The molecule has 0 unspecified atom stereocenters. The van der Waals surface area contributed by atoms with Crippen LogP contribution in [-0.2, 0) is 16.4 Å². The number of aromatic amines is 1. The first-order chi connectivity index (χ1) is 7.39. The number of hydrogen-bond donors (Lipinski definition) is 1. The highest BCUT2D eigenvalue weighted by atomic mass is 19.4. The molecule has 1 saturated carbocycles. The van der Waals surface area contributed by atoms with Crippen LogP contribution in [0.1, 0.15) is 24.1 Å². The molecule has 16 heavy (non-hydrogen) atoms. The maximum atomic E-state index is 12.5. The lowest BCUT2D eigenvalue weighted by Gasteiger charge is -2.33. The number of halogens is 3. The number of aromatic nitrogens is 2. The minimum atomic E-state index is -4.59. The molecule has 0 aromatic carbocycles. The van der Waals surface area contributed by atoms with Crippen LogP contribution in [0, 0.1) is 11.3 Å². The van der Waals surface area contributed by atoms with Gasteiger partial charge >= 0.3 is 6.18 Å². The van der Waals surface area contributed by atoms with Gasteiger partial charge in [-0.1, -0.05) is 0 Å². The average Bonchev–Trinajstić information content (AvgIpc) is 2.60. The van der Waals surface area contributed by atoms with Crippen LogP contribution in [0.3, 0.4) is 0 Å². The number of nitriles is 1. The lowest BCUT2D eigenvalue weighted by atomic mass is 9.64. The third-order valence-electron chi connectivity index (χ3n) is 2.65. The molecule has 7 heteroatoms. The van der Waals surface area contributed by atoms with Gasteiger partial charge in [-0.05, 0) is 0 Å². The Kier molecular flexibility index (Phi) is 2.05. The summed E-state index contributed by atoms with van der Waals surface area (Å²) >= 11 is 0. The van der Waals surface area contributed by atoms with Crippen molar-refractivity contribution >= 4 is 5.78 Å². The highest BCUT2D eigenvalue weighted by molar-refractivity contribution is 5.90. The van der Waals surface area contributed by atoms with Gasteiger partial charge < -0.3 is 0 Å². The van der Waals surface area contributed by atoms with Crippen LogP contribution in [0.25, 0.3) is 0 Å². The summed E-state index contributed by atoms with van der Waals surface area (Å²) in [4.78, 5) is 10.9. The Morgan fingerprint density at radius 1 is 1.50 bits per heavy atom. The first kappa shape index (κ1) is 10.7. The van der Waals surface area contributed by atoms with Gasteiger partial charge in [-0.2, -0.15) is 23.5 Å². The number of rotatable bonds is 1. The second-order valence-corrected chi connectivity index (χ2v) is 3.74. The van der Waals surface area contributed by atoms with E-state index in [4.69, 9.17) is 5.26 Å². The fraction of sp³-hybridized carbons (Fsp3) is 0.444. The van der Waals surface area contributed by atoms with E-state index in [1.807, 2.05) is 5.10 Å². The summed E-state index contributed by atoms with van der Waals surface area (Å²) in [5.74, 6) is -0.212. The molecule has 4 nitrogen and oxygen atoms in total. The number of carbonyl (C=O) groups excluding carboxylic acids is 1. The fourth-order valence-electron chi connectivity index (χ4n) is 1.82. The van der Waals surface area contributed by atoms with Crippen molar-refractivity contribution in [3.63, 3.8) is 0 Å². The van der Waals surface area contributed by atoms with E-state index in [0.717, 1.165) is 6.20 Å². The number of nitrogens with zero attached hydrogens (tertiary/aromatic N) is 2. The topological polar surface area (TPSA) is 69.5 Å². The summed E-state index contributed by atoms with van der Waals surface area (Å²) in [6.07, 6.45) is -3.97. The predicted molar refractivity (Wildman–Crippen MR) is 45.1 cm³/mol. The number of H-pyrrole nitrogens is 1. The van der Waals surface area contributed by atoms with Crippen molar-refractivity contribution < 1.29 is 18.0 Å². The van der Waals surface area contributed by atoms with Crippen molar-refractivity contribution in [1.29, 1.82) is 5.26 Å². The van der Waals surface area contributed by atoms with Crippen molar-refractivity contribution in [2.24, 2.45) is 0 Å². The van der Waals surface area contributed by atoms with E-state index in [0.29, 0.717) is 0 Å². The lowest BCUT2D eigenvalue weighted by Crippen LogP contribution is -2.41. The Bertz CT molecular complexity index is 475. The molecule has 0 atom stereocenters. The van der Waals surface area contributed by atoms with Gasteiger partial charge in [-0.3, -0.25) is 9.89 Å². The summed E-state index contributed by atoms with van der Waals surface area (Å²) in [5.41, 5.74) is -2.63. The molecule has 84 valence electrons. The summed E-state index contributed by atoms with van der Waals surface area (Å²) in [6, 6.07) is 1.78. The average molecular weight is 229 g/mol. The third kappa shape index (κ3) is 1.38. The van der Waals surface area contributed by atoms with Gasteiger partial charge in [0.05, 0.1) is 17.7 Å². The molecular formula is C9H6F3N3O. The van der Waals surface area contributed by atoms with E-state index >= 15 is 0 Å². The second-order valence-electron chi connectivity index (χ2n) is 3.74. The van der Waals surface area contributed by atoms with Gasteiger partial charge in [0.25, 0.3) is 0 Å². The summed E-state index contributed by atoms with van der Waals surface area (Å²) < 4.78 is 37.6. The molecule has 0 aliphatic heterocycles. The largest absolute Gasteiger partial charge is 0.433 e. The lowest BCUT2D eigenvalue weighted by molar-refractivity contribution is -0.143. The minimum absolute atomic E-state index is 0.174. The Balaban J connectivity index is 2.46. The molecule has 1 aromatic rings. The number of Topliss-reactive ketones (excluding diaryl/α,β-unsaturated/α-hetero) is 1. The molecule has 0 amide bonds. The molecule has 0 radical (unpaired) electrons. The van der Waals surface area contributed by atoms with E-state index in [9.17, 15) is 18.0 Å². The van der Waals surface area contributed by atoms with Crippen molar-refractivity contribution in [1.82, 2.24) is 10.2 Å². The zero-order chi connectivity index (χ0) is 12.0. The minimum Gasteiger partial charge on any atom is -0.300 e. The van der Waals surface area contributed by atoms with Gasteiger partial charge in [0, 0.05) is 18.4 Å². The molecule has 1 heterocycles. The van der Waals surface area contributed by atoms with Crippen molar-refractivity contribution in [2.45, 2.75) is 24.4 Å². The maximum absolute atomic E-state index is 12.5. The summed E-state index contributed by atoms with van der Waals surface area (Å²) in [5, 5.41) is 14.0. The maximum Gasteiger partial charge on any atom is 0.433 e. The van der Waals surface area contributed by atoms with Gasteiger partial charge in [0.2, 0.25) is 0 Å². The molecule has 1 aromatic heterocycles. The van der Waals surface area contributed by atoms with Crippen LogP contribution in [0.2, 0.25) is 0 Å². The number of carbonyl (C=O) groups is 1. The number of nitrogens with one attached hydrogen (secondary N) is 1. The zero-order valence-corrected chi connectivity index (χ0v) is 7.93. The van der Waals surface area contributed by atoms with Crippen molar-refractivity contribution in [3.8, 4) is 6.07 Å². The third-order valence-corrected chi connectivity index (χ3v) is 2.65. The van der Waals surface area contributed by atoms with Crippen molar-refractivity contribution in [2.75, 3.05) is 0 Å². The number of alkyl halides is 3. The van der Waals surface area contributed by atoms with Gasteiger partial charge in [0.15, 0.2) is 0 Å². The van der Waals surface area contributed by atoms with Crippen LogP contribution in [-0.4, -0.2) is 16.0 Å². The Morgan fingerprint density at radius 2 is 2.12 bits per heavy atom. The monoisotopic (exact) mass is 229 g/mol. The highest BCUT2D eigenvalue weighted by Gasteiger charge is 2.51. The summed E-state index contributed by atoms with van der Waals surface area (Å²) in [6.45, 7) is 0. The molecule has 1 fully saturated rings. The molecule has 0 spiro atoms. The zero-order valence-electron chi connectivity index (χ0n) is 7.93. The van der Waals surface area contributed by atoms with E-state index in [-0.39, 0.29) is 24.2 Å². The van der Waals surface area contributed by atoms with Gasteiger partial charge in [-0.25, -0.2) is 0 Å². The molecule has 1 aliphatic carbocycles. The van der Waals surface area contributed by atoms with Gasteiger partial charge in [-0.15, -0.1) is 0 Å². The smallest absolute Gasteiger partial charge is 0.300 e. The van der Waals surface area contributed by atoms with Gasteiger partial charge in [0.1, 0.15) is 11.5 Å². The van der Waals surface area contributed by atoms with Crippen LogP contribution < -0.4 is 0 Å². The quantitative estimate of drug-likeness (QED) is 0.794. The van der Waals surface area contributed by atoms with Crippen LogP contribution in [0.4, 0.5) is 13.2 Å². The van der Waals surface area contributed by atoms with Crippen LogP contribution in [0.15, 0.2) is 6.20 Å². The molecule has 0 bridgehead atoms. The first-order valence-electron chi connectivity index (χ1n) is 4.43. The first-order valence-corrected chi connectivity index (χ1v) is 4.43. The Hall–Kier alpha value is -1.84. The standard InChI is InChI=1S/C9H6F3N3O/c10-9(11,12)7-6(3-14-15-7)8(4-13)1-5(16)2-8/h3H,1-2H2,(H,14,15). The fourth-order valence-corrected chi connectivity index (χ4v) is 1.82. The van der Waals surface area contributed by atoms with Crippen molar-refractivity contribution in [3.05, 3.63) is 17.5 Å². The van der Waals surface area contributed by atoms with Crippen LogP contribution in [0.5, 0.6) is 0 Å². The molecule has 2 rings (SSSR count). The predicted octanol–water partition coefficient (Wildman–Crippen LogP) is 1.55. The van der Waals surface area contributed by atoms with E-state index in [1.165, 1.54) is 0 Å². The normalized spacial score (nSPS) is 19.0. The number of hydrogen-bond acceptors (Lipinski definition) is 3. The summed E-state index contributed by atoms with van der Waals surface area (Å²) in [7, 11) is 0. The van der Waals surface area contributed by atoms with E-state index in [1.54, 1.807) is 6.07 Å².